The van der Waals surface area contributed by atoms with E-state index in [2.05, 4.69) is 29.1 Å². The summed E-state index contributed by atoms with van der Waals surface area (Å²) >= 11 is 0. The molecule has 4 aromatic rings. The van der Waals surface area contributed by atoms with Gasteiger partial charge >= 0.3 is 0 Å². The van der Waals surface area contributed by atoms with Gasteiger partial charge in [0.25, 0.3) is 5.56 Å². The number of aromatic nitrogens is 3. The molecule has 1 fully saturated rings. The van der Waals surface area contributed by atoms with E-state index in [1.807, 2.05) is 49.4 Å². The van der Waals surface area contributed by atoms with Crippen molar-refractivity contribution in [2.24, 2.45) is 0 Å². The van der Waals surface area contributed by atoms with E-state index < -0.39 is 0 Å². The molecule has 1 aliphatic rings. The Balaban J connectivity index is 1.69. The molecule has 1 atom stereocenters. The summed E-state index contributed by atoms with van der Waals surface area (Å²) in [6.07, 6.45) is 3.55. The number of rotatable bonds is 5. The molecule has 0 unspecified atom stereocenters. The van der Waals surface area contributed by atoms with Crippen molar-refractivity contribution in [1.82, 2.24) is 14.6 Å². The zero-order chi connectivity index (χ0) is 22.9. The number of benzene rings is 2. The predicted octanol–water partition coefficient (Wildman–Crippen LogP) is 5.15. The highest BCUT2D eigenvalue weighted by atomic mass is 16.5. The number of hydrogen-bond donors (Lipinski definition) is 1. The lowest BCUT2D eigenvalue weighted by Crippen LogP contribution is -2.30. The van der Waals surface area contributed by atoms with Crippen molar-refractivity contribution in [3.63, 3.8) is 0 Å². The van der Waals surface area contributed by atoms with Crippen LogP contribution in [0.15, 0.2) is 59.4 Å². The molecule has 2 aromatic heterocycles. The highest BCUT2D eigenvalue weighted by Crippen LogP contribution is 2.35. The summed E-state index contributed by atoms with van der Waals surface area (Å²) in [5.74, 6) is 0.714. The van der Waals surface area contributed by atoms with Gasteiger partial charge in [-0.15, -0.1) is 0 Å². The van der Waals surface area contributed by atoms with Gasteiger partial charge in [-0.3, -0.25) is 9.89 Å². The second-order valence-electron chi connectivity index (χ2n) is 8.82. The molecular weight excluding hydrogens is 412 g/mol. The normalized spacial score (nSPS) is 15.1. The van der Waals surface area contributed by atoms with Gasteiger partial charge in [-0.05, 0) is 43.9 Å². The second kappa shape index (κ2) is 8.77. The van der Waals surface area contributed by atoms with Gasteiger partial charge in [0, 0.05) is 35.8 Å². The quantitative estimate of drug-likeness (QED) is 0.464. The summed E-state index contributed by atoms with van der Waals surface area (Å²) in [5.41, 5.74) is 6.27. The highest BCUT2D eigenvalue weighted by molar-refractivity contribution is 5.86. The maximum Gasteiger partial charge on any atom is 0.276 e. The third-order valence-electron chi connectivity index (χ3n) is 6.76. The van der Waals surface area contributed by atoms with E-state index in [-0.39, 0.29) is 11.5 Å². The van der Waals surface area contributed by atoms with E-state index >= 15 is 0 Å². The third kappa shape index (κ3) is 3.80. The van der Waals surface area contributed by atoms with Crippen molar-refractivity contribution in [3.8, 4) is 17.0 Å². The van der Waals surface area contributed by atoms with E-state index in [1.165, 1.54) is 6.42 Å². The van der Waals surface area contributed by atoms with E-state index in [0.29, 0.717) is 11.2 Å². The Kier molecular flexibility index (Phi) is 5.67. The van der Waals surface area contributed by atoms with Crippen molar-refractivity contribution in [2.45, 2.75) is 39.0 Å². The number of hydrogen-bond acceptors (Lipinski definition) is 4. The average Bonchev–Trinajstić information content (AvgIpc) is 3.24. The van der Waals surface area contributed by atoms with Crippen molar-refractivity contribution in [2.75, 3.05) is 25.1 Å². The number of anilines is 1. The van der Waals surface area contributed by atoms with Crippen LogP contribution in [0.5, 0.6) is 5.75 Å². The summed E-state index contributed by atoms with van der Waals surface area (Å²) in [6, 6.07) is 18.1. The number of fused-ring (bicyclic) bond motifs is 1. The van der Waals surface area contributed by atoms with Crippen molar-refractivity contribution in [1.29, 1.82) is 0 Å². The Labute approximate surface area is 193 Å². The monoisotopic (exact) mass is 442 g/mol. The Bertz CT molecular complexity index is 1320. The van der Waals surface area contributed by atoms with Crippen LogP contribution in [-0.4, -0.2) is 34.8 Å². The fourth-order valence-corrected chi connectivity index (χ4v) is 4.96. The summed E-state index contributed by atoms with van der Waals surface area (Å²) in [5, 5.41) is 3.42. The molecule has 33 heavy (non-hydrogen) atoms. The van der Waals surface area contributed by atoms with Crippen molar-refractivity contribution >= 4 is 11.3 Å². The van der Waals surface area contributed by atoms with Gasteiger partial charge in [-0.1, -0.05) is 49.4 Å². The van der Waals surface area contributed by atoms with Gasteiger partial charge in [0.1, 0.15) is 11.4 Å². The van der Waals surface area contributed by atoms with Gasteiger partial charge in [0.2, 0.25) is 0 Å². The molecule has 0 radical (unpaired) electrons. The number of nitrogens with one attached hydrogen (secondary N) is 1. The summed E-state index contributed by atoms with van der Waals surface area (Å²) < 4.78 is 6.93. The van der Waals surface area contributed by atoms with Crippen LogP contribution in [-0.2, 0) is 0 Å². The fourth-order valence-electron chi connectivity index (χ4n) is 4.96. The number of aromatic amines is 1. The molecule has 0 aliphatic carbocycles. The molecule has 6 heteroatoms. The predicted molar refractivity (Wildman–Crippen MR) is 133 cm³/mol. The number of nitrogens with zero attached hydrogens (tertiary/aromatic N) is 3. The SMILES string of the molecule is COc1ccc([C@H](C)c2c(C)nc3c(N4CCCCC4)c(-c4ccccc4)[nH]n3c2=O)cc1. The minimum absolute atomic E-state index is 0.0405. The Morgan fingerprint density at radius 3 is 2.36 bits per heavy atom. The summed E-state index contributed by atoms with van der Waals surface area (Å²) in [6.45, 7) is 5.97. The lowest BCUT2D eigenvalue weighted by Gasteiger charge is -2.28. The first-order valence-electron chi connectivity index (χ1n) is 11.7. The zero-order valence-corrected chi connectivity index (χ0v) is 19.5. The first kappa shape index (κ1) is 21.3. The van der Waals surface area contributed by atoms with Crippen LogP contribution >= 0.6 is 0 Å². The Morgan fingerprint density at radius 1 is 1.00 bits per heavy atom. The minimum atomic E-state index is -0.0882. The van der Waals surface area contributed by atoms with Crippen LogP contribution in [0, 0.1) is 6.92 Å². The Hall–Kier alpha value is -3.54. The van der Waals surface area contributed by atoms with E-state index in [9.17, 15) is 4.79 Å². The zero-order valence-electron chi connectivity index (χ0n) is 19.5. The van der Waals surface area contributed by atoms with Gasteiger partial charge in [0.05, 0.1) is 12.8 Å². The number of methoxy groups -OCH3 is 1. The molecule has 3 heterocycles. The summed E-state index contributed by atoms with van der Waals surface area (Å²) in [7, 11) is 1.66. The molecule has 0 spiro atoms. The van der Waals surface area contributed by atoms with Gasteiger partial charge in [0.15, 0.2) is 5.65 Å². The largest absolute Gasteiger partial charge is 0.497 e. The number of aryl methyl sites for hydroxylation is 1. The average molecular weight is 443 g/mol. The van der Waals surface area contributed by atoms with Crippen molar-refractivity contribution < 1.29 is 4.74 Å². The molecule has 170 valence electrons. The van der Waals surface area contributed by atoms with Crippen molar-refractivity contribution in [3.05, 3.63) is 81.8 Å². The number of ether oxygens (including phenoxy) is 1. The maximum atomic E-state index is 13.8. The molecule has 1 saturated heterocycles. The van der Waals surface area contributed by atoms with Gasteiger partial charge in [-0.2, -0.15) is 4.52 Å². The molecular formula is C27H30N4O2. The van der Waals surface area contributed by atoms with Gasteiger partial charge in [-0.25, -0.2) is 4.98 Å². The molecule has 0 amide bonds. The van der Waals surface area contributed by atoms with E-state index in [1.54, 1.807) is 11.6 Å². The molecule has 2 aromatic carbocycles. The van der Waals surface area contributed by atoms with Crippen LogP contribution in [0.2, 0.25) is 0 Å². The lowest BCUT2D eigenvalue weighted by atomic mass is 9.93. The first-order chi connectivity index (χ1) is 16.1. The number of H-pyrrole nitrogens is 1. The molecule has 0 bridgehead atoms. The fraction of sp³-hybridized carbons (Fsp3) is 0.333. The summed E-state index contributed by atoms with van der Waals surface area (Å²) in [4.78, 5) is 21.2. The smallest absolute Gasteiger partial charge is 0.276 e. The second-order valence-corrected chi connectivity index (χ2v) is 8.82. The van der Waals surface area contributed by atoms with Crippen LogP contribution in [0.3, 0.4) is 0 Å². The van der Waals surface area contributed by atoms with Crippen LogP contribution in [0.25, 0.3) is 16.9 Å². The molecule has 6 nitrogen and oxygen atoms in total. The van der Waals surface area contributed by atoms with Crippen LogP contribution in [0.1, 0.15) is 48.9 Å². The van der Waals surface area contributed by atoms with Crippen LogP contribution < -0.4 is 15.2 Å². The molecule has 5 rings (SSSR count). The Morgan fingerprint density at radius 2 is 1.70 bits per heavy atom. The highest BCUT2D eigenvalue weighted by Gasteiger charge is 2.26. The van der Waals surface area contributed by atoms with E-state index in [0.717, 1.165) is 59.9 Å². The topological polar surface area (TPSA) is 62.6 Å². The first-order valence-corrected chi connectivity index (χ1v) is 11.7. The van der Waals surface area contributed by atoms with E-state index in [4.69, 9.17) is 9.72 Å². The van der Waals surface area contributed by atoms with Crippen LogP contribution in [0.4, 0.5) is 5.69 Å². The minimum Gasteiger partial charge on any atom is -0.497 e. The third-order valence-corrected chi connectivity index (χ3v) is 6.76. The number of piperidine rings is 1. The maximum absolute atomic E-state index is 13.8. The molecule has 1 aliphatic heterocycles. The lowest BCUT2D eigenvalue weighted by molar-refractivity contribution is 0.414. The molecule has 1 N–H and O–H groups in total. The standard InChI is InChI=1S/C27H30N4O2/c1-18(20-12-14-22(33-3)15-13-20)23-19(2)28-26-25(30-16-8-5-9-17-30)24(29-31(26)27(23)32)21-10-6-4-7-11-21/h4,6-7,10-15,18,29H,5,8-9,16-17H2,1-3H3/t18-/m0/s1. The molecule has 0 saturated carbocycles. The van der Waals surface area contributed by atoms with Gasteiger partial charge < -0.3 is 9.64 Å².